The first-order chi connectivity index (χ1) is 14.7. The maximum Gasteiger partial charge on any atom is 0.269 e. The van der Waals surface area contributed by atoms with E-state index in [1.54, 1.807) is 18.2 Å². The van der Waals surface area contributed by atoms with Gasteiger partial charge in [-0.1, -0.05) is 12.1 Å². The van der Waals surface area contributed by atoms with Crippen LogP contribution < -0.4 is 5.73 Å². The number of nitro benzene ring substituents is 1. The van der Waals surface area contributed by atoms with Gasteiger partial charge in [-0.15, -0.1) is 0 Å². The lowest BCUT2D eigenvalue weighted by Gasteiger charge is -2.10. The lowest BCUT2D eigenvalue weighted by molar-refractivity contribution is -0.384. The van der Waals surface area contributed by atoms with Crippen LogP contribution in [0.25, 0.3) is 22.2 Å². The number of aromatic hydroxyl groups is 1. The third-order valence-electron chi connectivity index (χ3n) is 5.22. The standard InChI is InChI=1S/C23H19BrN4O3/c1-12-8-18(22(29)19(24)9-12)21-17(10-13-2-5-15(6-3-13)28(30)31)16-11-14(23(25)26)4-7-20(16)27-21/h2-9,11,27,29H,10H2,1H3,(H3,25,26). The Morgan fingerprint density at radius 1 is 1.19 bits per heavy atom. The van der Waals surface area contributed by atoms with Crippen LogP contribution >= 0.6 is 15.9 Å². The molecule has 3 aromatic carbocycles. The normalized spacial score (nSPS) is 11.0. The molecule has 4 aromatic rings. The molecule has 1 heterocycles. The number of H-pyrrole nitrogens is 1. The number of nitrogens with one attached hydrogen (secondary N) is 2. The van der Waals surface area contributed by atoms with Crippen molar-refractivity contribution in [1.82, 2.24) is 4.98 Å². The van der Waals surface area contributed by atoms with Gasteiger partial charge in [0.1, 0.15) is 11.6 Å². The number of benzene rings is 3. The molecule has 0 radical (unpaired) electrons. The fourth-order valence-corrected chi connectivity index (χ4v) is 4.27. The van der Waals surface area contributed by atoms with Crippen molar-refractivity contribution in [2.45, 2.75) is 13.3 Å². The number of hydrogen-bond donors (Lipinski definition) is 4. The average Bonchev–Trinajstić information content (AvgIpc) is 3.08. The maximum atomic E-state index is 11.0. The average molecular weight is 479 g/mol. The van der Waals surface area contributed by atoms with E-state index in [1.165, 1.54) is 12.1 Å². The summed E-state index contributed by atoms with van der Waals surface area (Å²) >= 11 is 3.41. The van der Waals surface area contributed by atoms with Gasteiger partial charge < -0.3 is 15.8 Å². The van der Waals surface area contributed by atoms with Gasteiger partial charge in [-0.2, -0.15) is 0 Å². The summed E-state index contributed by atoms with van der Waals surface area (Å²) in [7, 11) is 0. The molecule has 0 spiro atoms. The number of aryl methyl sites for hydroxylation is 1. The second-order valence-corrected chi connectivity index (χ2v) is 8.25. The third kappa shape index (κ3) is 3.89. The summed E-state index contributed by atoms with van der Waals surface area (Å²) in [5.41, 5.74) is 11.3. The van der Waals surface area contributed by atoms with Crippen molar-refractivity contribution in [3.05, 3.63) is 91.4 Å². The number of aromatic nitrogens is 1. The van der Waals surface area contributed by atoms with Crippen molar-refractivity contribution in [3.8, 4) is 17.0 Å². The number of nitro groups is 1. The minimum atomic E-state index is -0.428. The van der Waals surface area contributed by atoms with Gasteiger partial charge in [0.15, 0.2) is 0 Å². The molecule has 0 amide bonds. The molecule has 4 rings (SSSR count). The minimum Gasteiger partial charge on any atom is -0.506 e. The number of non-ortho nitro benzene ring substituents is 1. The summed E-state index contributed by atoms with van der Waals surface area (Å²) in [5.74, 6) is 0.0842. The summed E-state index contributed by atoms with van der Waals surface area (Å²) in [6, 6.07) is 15.6. The smallest absolute Gasteiger partial charge is 0.269 e. The number of hydrogen-bond acceptors (Lipinski definition) is 4. The zero-order valence-corrected chi connectivity index (χ0v) is 18.2. The van der Waals surface area contributed by atoms with Gasteiger partial charge in [-0.05, 0) is 69.9 Å². The minimum absolute atomic E-state index is 0.0297. The number of rotatable bonds is 5. The molecule has 1 aromatic heterocycles. The van der Waals surface area contributed by atoms with Crippen molar-refractivity contribution in [1.29, 1.82) is 5.41 Å². The van der Waals surface area contributed by atoms with E-state index in [0.717, 1.165) is 33.3 Å². The third-order valence-corrected chi connectivity index (χ3v) is 5.83. The lowest BCUT2D eigenvalue weighted by atomic mass is 9.96. The molecule has 0 aliphatic rings. The quantitative estimate of drug-likeness (QED) is 0.132. The van der Waals surface area contributed by atoms with Crippen LogP contribution in [0.1, 0.15) is 22.3 Å². The van der Waals surface area contributed by atoms with Crippen LogP contribution in [0.15, 0.2) is 59.1 Å². The van der Waals surface area contributed by atoms with E-state index >= 15 is 0 Å². The van der Waals surface area contributed by atoms with Crippen LogP contribution in [0.5, 0.6) is 5.75 Å². The Morgan fingerprint density at radius 2 is 1.90 bits per heavy atom. The Labute approximate surface area is 186 Å². The zero-order chi connectivity index (χ0) is 22.3. The molecular formula is C23H19BrN4O3. The Morgan fingerprint density at radius 3 is 2.55 bits per heavy atom. The number of amidine groups is 1. The molecule has 0 bridgehead atoms. The number of halogens is 1. The largest absolute Gasteiger partial charge is 0.506 e. The van der Waals surface area contributed by atoms with Crippen molar-refractivity contribution in [3.63, 3.8) is 0 Å². The second kappa shape index (κ2) is 7.88. The van der Waals surface area contributed by atoms with Crippen LogP contribution in [0.3, 0.4) is 0 Å². The van der Waals surface area contributed by atoms with Crippen molar-refractivity contribution in [2.24, 2.45) is 5.73 Å². The molecule has 0 fully saturated rings. The fourth-order valence-electron chi connectivity index (χ4n) is 3.69. The van der Waals surface area contributed by atoms with Gasteiger partial charge >= 0.3 is 0 Å². The Bertz CT molecular complexity index is 1340. The highest BCUT2D eigenvalue weighted by atomic mass is 79.9. The maximum absolute atomic E-state index is 11.0. The zero-order valence-electron chi connectivity index (χ0n) is 16.6. The molecule has 0 aliphatic heterocycles. The highest BCUT2D eigenvalue weighted by molar-refractivity contribution is 9.10. The van der Waals surface area contributed by atoms with Gasteiger partial charge in [0, 0.05) is 40.6 Å². The number of aromatic amines is 1. The Balaban J connectivity index is 1.94. The predicted octanol–water partition coefficient (Wildman–Crippen LogP) is 5.39. The van der Waals surface area contributed by atoms with Crippen molar-refractivity contribution < 1.29 is 10.0 Å². The summed E-state index contributed by atoms with van der Waals surface area (Å²) in [4.78, 5) is 13.9. The number of phenolic OH excluding ortho intramolecular Hbond substituents is 1. The van der Waals surface area contributed by atoms with Crippen LogP contribution in [0.2, 0.25) is 0 Å². The van der Waals surface area contributed by atoms with E-state index < -0.39 is 4.92 Å². The van der Waals surface area contributed by atoms with E-state index in [2.05, 4.69) is 20.9 Å². The molecule has 0 aliphatic carbocycles. The molecule has 8 heteroatoms. The van der Waals surface area contributed by atoms with E-state index in [1.807, 2.05) is 31.2 Å². The van der Waals surface area contributed by atoms with Crippen LogP contribution in [0.4, 0.5) is 5.69 Å². The van der Waals surface area contributed by atoms with Crippen LogP contribution in [-0.4, -0.2) is 20.8 Å². The topological polar surface area (TPSA) is 129 Å². The molecule has 0 saturated carbocycles. The molecule has 31 heavy (non-hydrogen) atoms. The molecule has 0 unspecified atom stereocenters. The summed E-state index contributed by atoms with van der Waals surface area (Å²) < 4.78 is 0.590. The number of nitrogens with two attached hydrogens (primary N) is 1. The van der Waals surface area contributed by atoms with Crippen LogP contribution in [0, 0.1) is 22.4 Å². The van der Waals surface area contributed by atoms with E-state index in [9.17, 15) is 15.2 Å². The number of nitrogens with zero attached hydrogens (tertiary/aromatic N) is 1. The van der Waals surface area contributed by atoms with Gasteiger partial charge in [0.25, 0.3) is 5.69 Å². The summed E-state index contributed by atoms with van der Waals surface area (Å²) in [6.45, 7) is 1.94. The van der Waals surface area contributed by atoms with Gasteiger partial charge in [-0.3, -0.25) is 15.5 Å². The van der Waals surface area contributed by atoms with Crippen molar-refractivity contribution >= 4 is 38.4 Å². The van der Waals surface area contributed by atoms with Crippen LogP contribution in [-0.2, 0) is 6.42 Å². The Kier molecular flexibility index (Phi) is 5.24. The molecular weight excluding hydrogens is 460 g/mol. The monoisotopic (exact) mass is 478 g/mol. The first kappa shape index (κ1) is 20.6. The molecule has 5 N–H and O–H groups in total. The SMILES string of the molecule is Cc1cc(Br)c(O)c(-c2[nH]c3ccc(C(=N)N)cc3c2Cc2ccc([N+](=O)[O-])cc2)c1. The van der Waals surface area contributed by atoms with Crippen molar-refractivity contribution in [2.75, 3.05) is 0 Å². The van der Waals surface area contributed by atoms with E-state index in [-0.39, 0.29) is 17.3 Å². The molecule has 0 atom stereocenters. The summed E-state index contributed by atoms with van der Waals surface area (Å²) in [6.07, 6.45) is 0.472. The second-order valence-electron chi connectivity index (χ2n) is 7.40. The molecule has 156 valence electrons. The first-order valence-electron chi connectivity index (χ1n) is 9.46. The fraction of sp³-hybridized carbons (Fsp3) is 0.0870. The van der Waals surface area contributed by atoms with E-state index in [0.29, 0.717) is 22.0 Å². The lowest BCUT2D eigenvalue weighted by Crippen LogP contribution is -2.10. The number of nitrogen functional groups attached to an aromatic ring is 1. The highest BCUT2D eigenvalue weighted by Crippen LogP contribution is 2.41. The molecule has 7 nitrogen and oxygen atoms in total. The van der Waals surface area contributed by atoms with Gasteiger partial charge in [0.05, 0.1) is 15.1 Å². The number of phenols is 1. The van der Waals surface area contributed by atoms with E-state index in [4.69, 9.17) is 11.1 Å². The molecule has 0 saturated heterocycles. The van der Waals surface area contributed by atoms with Gasteiger partial charge in [0.2, 0.25) is 0 Å². The predicted molar refractivity (Wildman–Crippen MR) is 125 cm³/mol. The first-order valence-corrected chi connectivity index (χ1v) is 10.3. The Hall–Kier alpha value is -3.65. The summed E-state index contributed by atoms with van der Waals surface area (Å²) in [5, 5.41) is 30.4. The number of fused-ring (bicyclic) bond motifs is 1. The highest BCUT2D eigenvalue weighted by Gasteiger charge is 2.19. The van der Waals surface area contributed by atoms with Gasteiger partial charge in [-0.25, -0.2) is 0 Å².